The molecule has 36 heavy (non-hydrogen) atoms. The average Bonchev–Trinajstić information content (AvgIpc) is 3.31. The van der Waals surface area contributed by atoms with Crippen LogP contribution in [0.2, 0.25) is 0 Å². The molecule has 8 heteroatoms. The Morgan fingerprint density at radius 1 is 1.08 bits per heavy atom. The van der Waals surface area contributed by atoms with Gasteiger partial charge in [0.25, 0.3) is 5.91 Å². The number of nitrogens with zero attached hydrogens (tertiary/aromatic N) is 2. The van der Waals surface area contributed by atoms with Crippen LogP contribution in [0, 0.1) is 12.7 Å². The highest BCUT2D eigenvalue weighted by Crippen LogP contribution is 2.44. The van der Waals surface area contributed by atoms with Crippen LogP contribution in [-0.2, 0) is 11.3 Å². The summed E-state index contributed by atoms with van der Waals surface area (Å²) in [5.74, 6) is -0.124. The molecule has 2 atom stereocenters. The third-order valence-corrected chi connectivity index (χ3v) is 6.32. The number of aromatic nitrogens is 1. The molecule has 3 aromatic carbocycles. The van der Waals surface area contributed by atoms with E-state index in [4.69, 9.17) is 9.26 Å². The molecule has 1 aliphatic heterocycles. The van der Waals surface area contributed by atoms with Gasteiger partial charge in [0.2, 0.25) is 5.91 Å². The summed E-state index contributed by atoms with van der Waals surface area (Å²) in [5.41, 5.74) is 2.57. The van der Waals surface area contributed by atoms with E-state index in [1.54, 1.807) is 67.5 Å². The van der Waals surface area contributed by atoms with E-state index in [1.165, 1.54) is 12.1 Å². The lowest BCUT2D eigenvalue weighted by Gasteiger charge is -2.42. The van der Waals surface area contributed by atoms with E-state index in [0.717, 1.165) is 11.1 Å². The monoisotopic (exact) mass is 485 g/mol. The van der Waals surface area contributed by atoms with Crippen LogP contribution in [0.15, 0.2) is 83.4 Å². The number of halogens is 1. The first-order valence-electron chi connectivity index (χ1n) is 11.5. The Kier molecular flexibility index (Phi) is 6.25. The predicted molar refractivity (Wildman–Crippen MR) is 131 cm³/mol. The first kappa shape index (κ1) is 23.3. The van der Waals surface area contributed by atoms with E-state index in [0.29, 0.717) is 28.5 Å². The number of carbonyl (C=O) groups excluding carboxylic acids is 2. The van der Waals surface area contributed by atoms with Crippen molar-refractivity contribution in [2.75, 3.05) is 12.4 Å². The number of nitrogens with one attached hydrogen (secondary N) is 1. The largest absolute Gasteiger partial charge is 0.497 e. The fraction of sp³-hybridized carbons (Fsp3) is 0.179. The van der Waals surface area contributed by atoms with Crippen molar-refractivity contribution in [3.05, 3.63) is 113 Å². The van der Waals surface area contributed by atoms with Crippen molar-refractivity contribution in [1.29, 1.82) is 0 Å². The first-order chi connectivity index (χ1) is 17.4. The minimum atomic E-state index is -0.746. The molecule has 0 spiro atoms. The highest BCUT2D eigenvalue weighted by Gasteiger charge is 2.44. The van der Waals surface area contributed by atoms with Gasteiger partial charge in [0, 0.05) is 18.2 Å². The molecule has 2 heterocycles. The van der Waals surface area contributed by atoms with Gasteiger partial charge in [0.05, 0.1) is 19.1 Å². The SMILES string of the molecule is COc1ccc([C@H]2[C@H](C(=O)Nc3cc(C)on3)c3ccccc3C(=O)N2Cc2ccc(F)cc2)cc1. The van der Waals surface area contributed by atoms with Crippen LogP contribution in [0.5, 0.6) is 5.75 Å². The van der Waals surface area contributed by atoms with Gasteiger partial charge in [0.15, 0.2) is 5.82 Å². The Balaban J connectivity index is 1.63. The van der Waals surface area contributed by atoms with Crippen molar-refractivity contribution in [3.63, 3.8) is 0 Å². The smallest absolute Gasteiger partial charge is 0.255 e. The van der Waals surface area contributed by atoms with E-state index < -0.39 is 12.0 Å². The van der Waals surface area contributed by atoms with Gasteiger partial charge in [-0.25, -0.2) is 4.39 Å². The topological polar surface area (TPSA) is 84.7 Å². The summed E-state index contributed by atoms with van der Waals surface area (Å²) >= 11 is 0. The second kappa shape index (κ2) is 9.65. The summed E-state index contributed by atoms with van der Waals surface area (Å²) in [6, 6.07) is 21.4. The predicted octanol–water partition coefficient (Wildman–Crippen LogP) is 5.25. The summed E-state index contributed by atoms with van der Waals surface area (Å²) in [4.78, 5) is 29.2. The number of ether oxygens (including phenoxy) is 1. The average molecular weight is 486 g/mol. The van der Waals surface area contributed by atoms with Gasteiger partial charge in [-0.2, -0.15) is 0 Å². The molecule has 5 rings (SSSR count). The van der Waals surface area contributed by atoms with Crippen molar-refractivity contribution >= 4 is 17.6 Å². The van der Waals surface area contributed by atoms with Crippen molar-refractivity contribution in [1.82, 2.24) is 10.1 Å². The molecule has 0 aliphatic carbocycles. The molecule has 0 fully saturated rings. The van der Waals surface area contributed by atoms with Crippen LogP contribution in [0.1, 0.15) is 44.8 Å². The molecule has 1 aliphatic rings. The van der Waals surface area contributed by atoms with Crippen LogP contribution >= 0.6 is 0 Å². The number of rotatable bonds is 6. The summed E-state index contributed by atoms with van der Waals surface area (Å²) in [5, 5.41) is 6.74. The third-order valence-electron chi connectivity index (χ3n) is 6.32. The highest BCUT2D eigenvalue weighted by molar-refractivity contribution is 6.04. The zero-order valence-electron chi connectivity index (χ0n) is 19.8. The van der Waals surface area contributed by atoms with Crippen molar-refractivity contribution in [2.24, 2.45) is 0 Å². The maximum Gasteiger partial charge on any atom is 0.255 e. The second-order valence-electron chi connectivity index (χ2n) is 8.65. The minimum Gasteiger partial charge on any atom is -0.497 e. The molecule has 0 saturated heterocycles. The van der Waals surface area contributed by atoms with Crippen LogP contribution in [0.4, 0.5) is 10.2 Å². The fourth-order valence-electron chi connectivity index (χ4n) is 4.64. The number of benzene rings is 3. The number of anilines is 1. The molecule has 1 aromatic heterocycles. The molecule has 0 radical (unpaired) electrons. The lowest BCUT2D eigenvalue weighted by atomic mass is 9.79. The molecule has 1 N–H and O–H groups in total. The quantitative estimate of drug-likeness (QED) is 0.403. The number of methoxy groups -OCH3 is 1. The van der Waals surface area contributed by atoms with Crippen LogP contribution in [0.25, 0.3) is 0 Å². The fourth-order valence-corrected chi connectivity index (χ4v) is 4.64. The maximum atomic E-state index is 13.8. The Hall–Kier alpha value is -4.46. The lowest BCUT2D eigenvalue weighted by Crippen LogP contribution is -2.45. The molecule has 2 amide bonds. The number of amides is 2. The molecule has 0 saturated carbocycles. The summed E-state index contributed by atoms with van der Waals surface area (Å²) < 4.78 is 24.0. The molecular formula is C28H24FN3O4. The van der Waals surface area contributed by atoms with Gasteiger partial charge < -0.3 is 19.5 Å². The van der Waals surface area contributed by atoms with E-state index in [-0.39, 0.29) is 24.2 Å². The Morgan fingerprint density at radius 3 is 2.47 bits per heavy atom. The standard InChI is InChI=1S/C28H24FN3O4/c1-17-15-24(31-36-17)30-27(33)25-22-5-3-4-6-23(22)28(34)32(16-18-7-11-20(29)12-8-18)26(25)19-9-13-21(35-2)14-10-19/h3-15,25-26H,16H2,1-2H3,(H,30,31,33)/t25-,26+/m1/s1. The van der Waals surface area contributed by atoms with Crippen LogP contribution in [0.3, 0.4) is 0 Å². The number of hydrogen-bond acceptors (Lipinski definition) is 5. The zero-order valence-corrected chi connectivity index (χ0v) is 19.8. The molecule has 0 unspecified atom stereocenters. The zero-order chi connectivity index (χ0) is 25.2. The van der Waals surface area contributed by atoms with E-state index in [1.807, 2.05) is 18.2 Å². The van der Waals surface area contributed by atoms with Gasteiger partial charge in [-0.1, -0.05) is 47.6 Å². The highest BCUT2D eigenvalue weighted by atomic mass is 19.1. The number of aryl methyl sites for hydroxylation is 1. The third kappa shape index (κ3) is 4.45. The van der Waals surface area contributed by atoms with E-state index >= 15 is 0 Å². The van der Waals surface area contributed by atoms with Gasteiger partial charge in [-0.3, -0.25) is 9.59 Å². The molecular weight excluding hydrogens is 461 g/mol. The van der Waals surface area contributed by atoms with Crippen LogP contribution < -0.4 is 10.1 Å². The lowest BCUT2D eigenvalue weighted by molar-refractivity contribution is -0.119. The summed E-state index contributed by atoms with van der Waals surface area (Å²) in [6.07, 6.45) is 0. The normalized spacial score (nSPS) is 17.0. The summed E-state index contributed by atoms with van der Waals surface area (Å²) in [7, 11) is 1.58. The van der Waals surface area contributed by atoms with Gasteiger partial charge in [-0.05, 0) is 53.9 Å². The summed E-state index contributed by atoms with van der Waals surface area (Å²) in [6.45, 7) is 1.93. The van der Waals surface area contributed by atoms with E-state index in [9.17, 15) is 14.0 Å². The molecule has 7 nitrogen and oxygen atoms in total. The van der Waals surface area contributed by atoms with Crippen molar-refractivity contribution in [3.8, 4) is 5.75 Å². The Morgan fingerprint density at radius 2 is 1.81 bits per heavy atom. The molecule has 0 bridgehead atoms. The Labute approximate surface area is 207 Å². The Bertz CT molecular complexity index is 1400. The van der Waals surface area contributed by atoms with Crippen LogP contribution in [-0.4, -0.2) is 29.0 Å². The number of carbonyl (C=O) groups is 2. The van der Waals surface area contributed by atoms with Gasteiger partial charge in [-0.15, -0.1) is 0 Å². The maximum absolute atomic E-state index is 13.8. The van der Waals surface area contributed by atoms with Gasteiger partial charge in [0.1, 0.15) is 17.3 Å². The van der Waals surface area contributed by atoms with Crippen molar-refractivity contribution < 1.29 is 23.2 Å². The second-order valence-corrected chi connectivity index (χ2v) is 8.65. The van der Waals surface area contributed by atoms with E-state index in [2.05, 4.69) is 10.5 Å². The first-order valence-corrected chi connectivity index (χ1v) is 11.5. The van der Waals surface area contributed by atoms with Crippen molar-refractivity contribution in [2.45, 2.75) is 25.4 Å². The van der Waals surface area contributed by atoms with Gasteiger partial charge >= 0.3 is 0 Å². The number of fused-ring (bicyclic) bond motifs is 1. The minimum absolute atomic E-state index is 0.191. The number of hydrogen-bond donors (Lipinski definition) is 1. The molecule has 182 valence electrons. The molecule has 4 aromatic rings.